The lowest BCUT2D eigenvalue weighted by molar-refractivity contribution is -0.148. The molecule has 0 aliphatic carbocycles. The fourth-order valence-corrected chi connectivity index (χ4v) is 1.69. The Morgan fingerprint density at radius 3 is 2.69 bits per heavy atom. The van der Waals surface area contributed by atoms with Gasteiger partial charge in [-0.25, -0.2) is 0 Å². The normalized spacial score (nSPS) is 26.3. The number of likely N-dealkylation sites (tertiary alicyclic amines) is 1. The molecule has 0 unspecified atom stereocenters. The summed E-state index contributed by atoms with van der Waals surface area (Å²) in [5.41, 5.74) is 0. The first-order chi connectivity index (χ1) is 6.01. The van der Waals surface area contributed by atoms with Crippen LogP contribution in [0.4, 0.5) is 13.2 Å². The molecule has 1 aliphatic rings. The number of likely N-dealkylation sites (N-methyl/N-ethyl adjacent to an activating group) is 1. The molecule has 2 nitrogen and oxygen atoms in total. The van der Waals surface area contributed by atoms with E-state index in [0.29, 0.717) is 13.1 Å². The van der Waals surface area contributed by atoms with Gasteiger partial charge in [-0.2, -0.15) is 13.2 Å². The van der Waals surface area contributed by atoms with Crippen molar-refractivity contribution in [1.29, 1.82) is 0 Å². The average Bonchev–Trinajstić information content (AvgIpc) is 2.01. The van der Waals surface area contributed by atoms with Crippen LogP contribution in [0.1, 0.15) is 12.8 Å². The summed E-state index contributed by atoms with van der Waals surface area (Å²) in [5.74, 6) is 0. The summed E-state index contributed by atoms with van der Waals surface area (Å²) in [4.78, 5) is 1.46. The number of hydrogen-bond acceptors (Lipinski definition) is 2. The molecule has 0 radical (unpaired) electrons. The lowest BCUT2D eigenvalue weighted by Gasteiger charge is -2.32. The third-order valence-electron chi connectivity index (χ3n) is 2.32. The van der Waals surface area contributed by atoms with Gasteiger partial charge in [-0.1, -0.05) is 0 Å². The van der Waals surface area contributed by atoms with Crippen LogP contribution in [0.25, 0.3) is 0 Å². The monoisotopic (exact) mass is 196 g/mol. The molecule has 1 saturated heterocycles. The number of piperidine rings is 1. The summed E-state index contributed by atoms with van der Waals surface area (Å²) in [7, 11) is 1.79. The second-order valence-electron chi connectivity index (χ2n) is 3.48. The molecule has 13 heavy (non-hydrogen) atoms. The standard InChI is InChI=1S/C8H15F3N2/c1-12-7-3-2-4-13(5-7)6-8(9,10)11/h7,12H,2-6H2,1H3/t7-/m0/s1. The van der Waals surface area contributed by atoms with Crippen LogP contribution < -0.4 is 5.32 Å². The number of nitrogens with one attached hydrogen (secondary N) is 1. The molecule has 0 spiro atoms. The van der Waals surface area contributed by atoms with Gasteiger partial charge in [0.2, 0.25) is 0 Å². The van der Waals surface area contributed by atoms with Gasteiger partial charge in [-0.15, -0.1) is 0 Å². The third-order valence-corrected chi connectivity index (χ3v) is 2.32. The zero-order chi connectivity index (χ0) is 9.90. The Kier molecular flexibility index (Phi) is 3.55. The highest BCUT2D eigenvalue weighted by Gasteiger charge is 2.32. The Morgan fingerprint density at radius 2 is 2.15 bits per heavy atom. The van der Waals surface area contributed by atoms with Crippen molar-refractivity contribution < 1.29 is 13.2 Å². The SMILES string of the molecule is CN[C@H]1CCCN(CC(F)(F)F)C1. The van der Waals surface area contributed by atoms with Gasteiger partial charge in [0.1, 0.15) is 0 Å². The lowest BCUT2D eigenvalue weighted by atomic mass is 10.1. The van der Waals surface area contributed by atoms with E-state index in [9.17, 15) is 13.2 Å². The highest BCUT2D eigenvalue weighted by atomic mass is 19.4. The molecule has 1 heterocycles. The maximum Gasteiger partial charge on any atom is 0.401 e. The van der Waals surface area contributed by atoms with Gasteiger partial charge in [0, 0.05) is 12.6 Å². The van der Waals surface area contributed by atoms with Crippen LogP contribution in [-0.4, -0.2) is 43.8 Å². The molecule has 1 rings (SSSR count). The van der Waals surface area contributed by atoms with Crippen LogP contribution in [0.5, 0.6) is 0 Å². The molecular formula is C8H15F3N2. The molecule has 0 aromatic carbocycles. The number of hydrogen-bond donors (Lipinski definition) is 1. The molecule has 0 amide bonds. The summed E-state index contributed by atoms with van der Waals surface area (Å²) < 4.78 is 36.0. The van der Waals surface area contributed by atoms with Crippen molar-refractivity contribution in [1.82, 2.24) is 10.2 Å². The Bertz CT molecular complexity index is 158. The average molecular weight is 196 g/mol. The van der Waals surface area contributed by atoms with Crippen LogP contribution in [0, 0.1) is 0 Å². The minimum Gasteiger partial charge on any atom is -0.316 e. The summed E-state index contributed by atoms with van der Waals surface area (Å²) in [5, 5.41) is 3.01. The zero-order valence-corrected chi connectivity index (χ0v) is 7.69. The van der Waals surface area contributed by atoms with Crippen LogP contribution in [0.2, 0.25) is 0 Å². The first-order valence-electron chi connectivity index (χ1n) is 4.47. The topological polar surface area (TPSA) is 15.3 Å². The fraction of sp³-hybridized carbons (Fsp3) is 1.00. The van der Waals surface area contributed by atoms with Crippen LogP contribution in [0.3, 0.4) is 0 Å². The summed E-state index contributed by atoms with van der Waals surface area (Å²) in [6, 6.07) is 0.219. The molecular weight excluding hydrogens is 181 g/mol. The first-order valence-corrected chi connectivity index (χ1v) is 4.47. The third kappa shape index (κ3) is 3.95. The van der Waals surface area contributed by atoms with Gasteiger partial charge >= 0.3 is 6.18 Å². The predicted molar refractivity (Wildman–Crippen MR) is 44.6 cm³/mol. The fourth-order valence-electron chi connectivity index (χ4n) is 1.69. The molecule has 78 valence electrons. The van der Waals surface area contributed by atoms with Crippen LogP contribution >= 0.6 is 0 Å². The van der Waals surface area contributed by atoms with E-state index in [1.54, 1.807) is 7.05 Å². The van der Waals surface area contributed by atoms with E-state index >= 15 is 0 Å². The molecule has 1 aliphatic heterocycles. The Balaban J connectivity index is 2.34. The van der Waals surface area contributed by atoms with E-state index < -0.39 is 12.7 Å². The van der Waals surface area contributed by atoms with E-state index in [0.717, 1.165) is 12.8 Å². The summed E-state index contributed by atoms with van der Waals surface area (Å²) in [6.07, 6.45) is -2.23. The van der Waals surface area contributed by atoms with Gasteiger partial charge in [0.15, 0.2) is 0 Å². The highest BCUT2D eigenvalue weighted by Crippen LogP contribution is 2.19. The Labute approximate surface area is 76.1 Å². The van der Waals surface area contributed by atoms with Gasteiger partial charge < -0.3 is 5.32 Å². The number of alkyl halides is 3. The zero-order valence-electron chi connectivity index (χ0n) is 7.69. The molecule has 5 heteroatoms. The van der Waals surface area contributed by atoms with Gasteiger partial charge in [-0.3, -0.25) is 4.90 Å². The van der Waals surface area contributed by atoms with E-state index in [1.807, 2.05) is 0 Å². The molecule has 1 fully saturated rings. The van der Waals surface area contributed by atoms with E-state index in [2.05, 4.69) is 5.32 Å². The Morgan fingerprint density at radius 1 is 1.46 bits per heavy atom. The minimum atomic E-state index is -4.06. The summed E-state index contributed by atoms with van der Waals surface area (Å²) >= 11 is 0. The van der Waals surface area contributed by atoms with Crippen molar-refractivity contribution in [2.45, 2.75) is 25.1 Å². The van der Waals surface area contributed by atoms with Crippen molar-refractivity contribution >= 4 is 0 Å². The van der Waals surface area contributed by atoms with E-state index in [4.69, 9.17) is 0 Å². The highest BCUT2D eigenvalue weighted by molar-refractivity contribution is 4.78. The lowest BCUT2D eigenvalue weighted by Crippen LogP contribution is -2.47. The van der Waals surface area contributed by atoms with Crippen molar-refractivity contribution in [3.8, 4) is 0 Å². The molecule has 0 bridgehead atoms. The maximum absolute atomic E-state index is 12.0. The van der Waals surface area contributed by atoms with Crippen molar-refractivity contribution in [2.24, 2.45) is 0 Å². The van der Waals surface area contributed by atoms with E-state index in [-0.39, 0.29) is 6.04 Å². The first kappa shape index (κ1) is 10.8. The molecule has 1 atom stereocenters. The van der Waals surface area contributed by atoms with Crippen LogP contribution in [0.15, 0.2) is 0 Å². The maximum atomic E-state index is 12.0. The molecule has 0 aromatic rings. The molecule has 0 aromatic heterocycles. The number of nitrogens with zero attached hydrogens (tertiary/aromatic N) is 1. The molecule has 1 N–H and O–H groups in total. The Hall–Kier alpha value is -0.290. The molecule has 0 saturated carbocycles. The number of halogens is 3. The second kappa shape index (κ2) is 4.28. The van der Waals surface area contributed by atoms with Crippen LogP contribution in [-0.2, 0) is 0 Å². The summed E-state index contributed by atoms with van der Waals surface area (Å²) in [6.45, 7) is 0.304. The number of rotatable bonds is 2. The van der Waals surface area contributed by atoms with Gasteiger partial charge in [0.05, 0.1) is 6.54 Å². The predicted octanol–water partition coefficient (Wildman–Crippen LogP) is 1.23. The minimum absolute atomic E-state index is 0.219. The van der Waals surface area contributed by atoms with Crippen molar-refractivity contribution in [2.75, 3.05) is 26.7 Å². The largest absolute Gasteiger partial charge is 0.401 e. The second-order valence-corrected chi connectivity index (χ2v) is 3.48. The van der Waals surface area contributed by atoms with Gasteiger partial charge in [-0.05, 0) is 26.4 Å². The van der Waals surface area contributed by atoms with E-state index in [1.165, 1.54) is 4.90 Å². The van der Waals surface area contributed by atoms with Crippen molar-refractivity contribution in [3.05, 3.63) is 0 Å². The quantitative estimate of drug-likeness (QED) is 0.714. The van der Waals surface area contributed by atoms with Crippen molar-refractivity contribution in [3.63, 3.8) is 0 Å². The smallest absolute Gasteiger partial charge is 0.316 e. The van der Waals surface area contributed by atoms with Gasteiger partial charge in [0.25, 0.3) is 0 Å².